The molecule has 0 amide bonds. The molecule has 0 aliphatic carbocycles. The van der Waals surface area contributed by atoms with Gasteiger partial charge in [-0.1, -0.05) is 30.3 Å². The monoisotopic (exact) mass is 365 g/mol. The van der Waals surface area contributed by atoms with Crippen LogP contribution < -0.4 is 20.8 Å². The topological polar surface area (TPSA) is 22.1 Å². The van der Waals surface area contributed by atoms with E-state index in [0.717, 1.165) is 12.1 Å². The molecule has 0 aliphatic heterocycles. The lowest BCUT2D eigenvalue weighted by Crippen LogP contribution is -2.28. The van der Waals surface area contributed by atoms with Crippen molar-refractivity contribution < 1.29 is 22.3 Å². The third-order valence-corrected chi connectivity index (χ3v) is 5.85. The number of benzene rings is 2. The number of nitrogens with zero attached hydrogens (tertiary/aromatic N) is 1. The van der Waals surface area contributed by atoms with E-state index >= 15 is 0 Å². The summed E-state index contributed by atoms with van der Waals surface area (Å²) in [6, 6.07) is 12.0. The Morgan fingerprint density at radius 2 is 1.28 bits per heavy atom. The molecule has 0 unspecified atom stereocenters. The minimum absolute atomic E-state index is 0.0831. The van der Waals surface area contributed by atoms with Crippen molar-refractivity contribution in [3.05, 3.63) is 77.9 Å². The van der Waals surface area contributed by atoms with Gasteiger partial charge >= 0.3 is 0 Å². The van der Waals surface area contributed by atoms with Crippen LogP contribution in [0.25, 0.3) is 0 Å². The lowest BCUT2D eigenvalue weighted by atomic mass is 10.3. The van der Waals surface area contributed by atoms with Crippen molar-refractivity contribution in [3.8, 4) is 5.88 Å². The molecule has 0 saturated heterocycles. The SMILES string of the molecule is COc1cccc(P(c2cccc(F)c2F)c2cccc(F)c2F)n1. The molecule has 0 fully saturated rings. The van der Waals surface area contributed by atoms with E-state index in [9.17, 15) is 17.6 Å². The van der Waals surface area contributed by atoms with Crippen LogP contribution >= 0.6 is 7.92 Å². The lowest BCUT2D eigenvalue weighted by molar-refractivity contribution is 0.399. The van der Waals surface area contributed by atoms with Gasteiger partial charge in [0.15, 0.2) is 23.3 Å². The first-order valence-corrected chi connectivity index (χ1v) is 8.56. The normalized spacial score (nSPS) is 11.0. The number of hydrogen-bond acceptors (Lipinski definition) is 2. The van der Waals surface area contributed by atoms with Gasteiger partial charge in [-0.05, 0) is 18.2 Å². The summed E-state index contributed by atoms with van der Waals surface area (Å²) in [6.45, 7) is 0. The average molecular weight is 365 g/mol. The van der Waals surface area contributed by atoms with Crippen LogP contribution in [0.5, 0.6) is 5.88 Å². The van der Waals surface area contributed by atoms with E-state index in [2.05, 4.69) is 4.98 Å². The van der Waals surface area contributed by atoms with E-state index in [1.165, 1.54) is 31.4 Å². The molecule has 0 radical (unpaired) electrons. The first-order valence-electron chi connectivity index (χ1n) is 7.22. The van der Waals surface area contributed by atoms with Gasteiger partial charge in [0, 0.05) is 24.6 Å². The van der Waals surface area contributed by atoms with Gasteiger partial charge in [0.2, 0.25) is 5.88 Å². The van der Waals surface area contributed by atoms with E-state index in [0.29, 0.717) is 0 Å². The summed E-state index contributed by atoms with van der Waals surface area (Å²) in [7, 11) is -0.560. The average Bonchev–Trinajstić information content (AvgIpc) is 2.62. The molecule has 2 aromatic carbocycles. The van der Waals surface area contributed by atoms with Crippen molar-refractivity contribution >= 4 is 24.0 Å². The summed E-state index contributed by atoms with van der Waals surface area (Å²) in [5, 5.41) is -0.166. The fourth-order valence-electron chi connectivity index (χ4n) is 2.35. The summed E-state index contributed by atoms with van der Waals surface area (Å²) in [4.78, 5) is 4.21. The van der Waals surface area contributed by atoms with Crippen LogP contribution in [0.3, 0.4) is 0 Å². The number of pyridine rings is 1. The summed E-state index contributed by atoms with van der Waals surface area (Å²) in [5.74, 6) is -4.11. The first-order chi connectivity index (χ1) is 12.0. The van der Waals surface area contributed by atoms with E-state index in [-0.39, 0.29) is 21.9 Å². The number of ether oxygens (including phenoxy) is 1. The molecule has 0 N–H and O–H groups in total. The van der Waals surface area contributed by atoms with Crippen molar-refractivity contribution in [2.75, 3.05) is 7.11 Å². The van der Waals surface area contributed by atoms with E-state index < -0.39 is 31.2 Å². The number of hydrogen-bond donors (Lipinski definition) is 0. The first kappa shape index (κ1) is 17.4. The maximum atomic E-state index is 14.4. The van der Waals surface area contributed by atoms with Crippen LogP contribution in [-0.2, 0) is 0 Å². The van der Waals surface area contributed by atoms with Gasteiger partial charge in [0.1, 0.15) is 0 Å². The Kier molecular flexibility index (Phi) is 5.00. The molecule has 3 rings (SSSR count). The standard InChI is InChI=1S/C18H12F4NOP/c1-24-15-9-4-10-16(23-15)25(13-7-2-5-11(19)17(13)21)14-8-3-6-12(20)18(14)22/h2-10H,1H3. The highest BCUT2D eigenvalue weighted by Crippen LogP contribution is 2.35. The molecule has 1 aromatic heterocycles. The van der Waals surface area contributed by atoms with Crippen molar-refractivity contribution in [2.45, 2.75) is 0 Å². The molecule has 128 valence electrons. The maximum Gasteiger partial charge on any atom is 0.213 e. The van der Waals surface area contributed by atoms with Crippen LogP contribution in [0.1, 0.15) is 0 Å². The third kappa shape index (κ3) is 3.35. The Labute approximate surface area is 142 Å². The minimum Gasteiger partial charge on any atom is -0.481 e. The van der Waals surface area contributed by atoms with Crippen molar-refractivity contribution in [1.29, 1.82) is 0 Å². The number of rotatable bonds is 4. The quantitative estimate of drug-likeness (QED) is 0.522. The second-order valence-corrected chi connectivity index (χ2v) is 7.11. The molecule has 0 bridgehead atoms. The zero-order chi connectivity index (χ0) is 18.0. The summed E-state index contributed by atoms with van der Waals surface area (Å²) >= 11 is 0. The largest absolute Gasteiger partial charge is 0.481 e. The molecule has 3 aromatic rings. The summed E-state index contributed by atoms with van der Waals surface area (Å²) in [5.41, 5.74) is 0.267. The van der Waals surface area contributed by atoms with Gasteiger partial charge in [-0.2, -0.15) is 0 Å². The van der Waals surface area contributed by atoms with E-state index in [4.69, 9.17) is 4.74 Å². The molecule has 0 spiro atoms. The molecule has 1 heterocycles. The predicted molar refractivity (Wildman–Crippen MR) is 89.3 cm³/mol. The molecule has 0 aliphatic rings. The predicted octanol–water partition coefficient (Wildman–Crippen LogP) is 3.40. The van der Waals surface area contributed by atoms with Crippen LogP contribution in [0.15, 0.2) is 54.6 Å². The minimum atomic E-state index is -1.96. The van der Waals surface area contributed by atoms with Crippen LogP contribution in [0.4, 0.5) is 17.6 Å². The Morgan fingerprint density at radius 3 is 1.80 bits per heavy atom. The number of aromatic nitrogens is 1. The summed E-state index contributed by atoms with van der Waals surface area (Å²) in [6.07, 6.45) is 0. The van der Waals surface area contributed by atoms with Gasteiger partial charge in [0.05, 0.1) is 12.5 Å². The van der Waals surface area contributed by atoms with Gasteiger partial charge in [-0.3, -0.25) is 0 Å². The van der Waals surface area contributed by atoms with Gasteiger partial charge < -0.3 is 4.74 Å². The van der Waals surface area contributed by atoms with Crippen LogP contribution in [0.2, 0.25) is 0 Å². The second kappa shape index (κ2) is 7.19. The molecule has 0 atom stereocenters. The van der Waals surface area contributed by atoms with Crippen LogP contribution in [-0.4, -0.2) is 12.1 Å². The Hall–Kier alpha value is -2.46. The molecule has 25 heavy (non-hydrogen) atoms. The van der Waals surface area contributed by atoms with E-state index in [1.54, 1.807) is 18.2 Å². The van der Waals surface area contributed by atoms with Crippen molar-refractivity contribution in [2.24, 2.45) is 0 Å². The third-order valence-electron chi connectivity index (χ3n) is 3.49. The second-order valence-electron chi connectivity index (χ2n) is 5.02. The molecule has 7 heteroatoms. The number of methoxy groups -OCH3 is 1. The Morgan fingerprint density at radius 1 is 0.760 bits per heavy atom. The van der Waals surface area contributed by atoms with Gasteiger partial charge in [-0.15, -0.1) is 0 Å². The zero-order valence-electron chi connectivity index (χ0n) is 13.0. The fraction of sp³-hybridized carbons (Fsp3) is 0.0556. The lowest BCUT2D eigenvalue weighted by Gasteiger charge is -2.20. The highest BCUT2D eigenvalue weighted by molar-refractivity contribution is 7.79. The van der Waals surface area contributed by atoms with Crippen LogP contribution in [0, 0.1) is 23.3 Å². The molecule has 0 saturated carbocycles. The number of halogens is 4. The zero-order valence-corrected chi connectivity index (χ0v) is 13.9. The highest BCUT2D eigenvalue weighted by atomic mass is 31.1. The fourth-order valence-corrected chi connectivity index (χ4v) is 4.61. The molecular formula is C18H12F4NOP. The van der Waals surface area contributed by atoms with Gasteiger partial charge in [-0.25, -0.2) is 22.5 Å². The highest BCUT2D eigenvalue weighted by Gasteiger charge is 2.27. The summed E-state index contributed by atoms with van der Waals surface area (Å²) < 4.78 is 61.3. The van der Waals surface area contributed by atoms with Crippen molar-refractivity contribution in [1.82, 2.24) is 4.98 Å². The molecular weight excluding hydrogens is 353 g/mol. The Balaban J connectivity index is 2.28. The van der Waals surface area contributed by atoms with Gasteiger partial charge in [0.25, 0.3) is 0 Å². The molecule has 2 nitrogen and oxygen atoms in total. The van der Waals surface area contributed by atoms with E-state index in [1.807, 2.05) is 0 Å². The Bertz CT molecular complexity index is 868. The van der Waals surface area contributed by atoms with Crippen molar-refractivity contribution in [3.63, 3.8) is 0 Å². The maximum absolute atomic E-state index is 14.4. The smallest absolute Gasteiger partial charge is 0.213 e.